The Balaban J connectivity index is 1.89. The summed E-state index contributed by atoms with van der Waals surface area (Å²) in [5.74, 6) is 1.01. The molecule has 0 atom stereocenters. The van der Waals surface area contributed by atoms with Gasteiger partial charge in [-0.15, -0.1) is 0 Å². The number of rotatable bonds is 3. The van der Waals surface area contributed by atoms with Crippen molar-refractivity contribution in [2.24, 2.45) is 0 Å². The number of likely N-dealkylation sites (N-methyl/N-ethyl adjacent to an activating group) is 1. The highest BCUT2D eigenvalue weighted by Crippen LogP contribution is 2.32. The highest BCUT2D eigenvalue weighted by Gasteiger charge is 2.38. The number of amides is 1. The van der Waals surface area contributed by atoms with Gasteiger partial charge in [0.25, 0.3) is 0 Å². The van der Waals surface area contributed by atoms with Gasteiger partial charge in [0.15, 0.2) is 0 Å². The van der Waals surface area contributed by atoms with Gasteiger partial charge in [-0.25, -0.2) is 4.79 Å². The summed E-state index contributed by atoms with van der Waals surface area (Å²) in [5.41, 5.74) is 2.10. The minimum absolute atomic E-state index is 0.194. The van der Waals surface area contributed by atoms with Gasteiger partial charge in [-0.1, -0.05) is 0 Å². The summed E-state index contributed by atoms with van der Waals surface area (Å²) in [5, 5.41) is 9.54. The zero-order chi connectivity index (χ0) is 19.9. The molecule has 0 aromatic carbocycles. The molecule has 0 aliphatic carbocycles. The molecule has 7 heteroatoms. The second kappa shape index (κ2) is 7.08. The monoisotopic (exact) mass is 432 g/mol. The van der Waals surface area contributed by atoms with E-state index < -0.39 is 5.60 Å². The Hall–Kier alpha value is -2.20. The molecule has 0 unspecified atom stereocenters. The molecular formula is C20H25BrN4O2. The van der Waals surface area contributed by atoms with E-state index >= 15 is 0 Å². The quantitative estimate of drug-likeness (QED) is 0.723. The molecule has 1 amide bonds. The molecule has 6 nitrogen and oxygen atoms in total. The number of anilines is 1. The smallest absolute Gasteiger partial charge is 0.410 e. The van der Waals surface area contributed by atoms with Crippen LogP contribution in [-0.2, 0) is 4.74 Å². The van der Waals surface area contributed by atoms with Crippen LogP contribution in [-0.4, -0.2) is 46.7 Å². The molecule has 1 fully saturated rings. The molecule has 27 heavy (non-hydrogen) atoms. The standard InChI is InChI=1S/C20H25BrN4O2/c1-6-24(17-11-23(12-17)19(26)27-20(3,4)5)18-13(2)14(9-22)7-16-8-15(21)10-25(16)18/h7-8,10,17H,6,11-12H2,1-5H3. The number of fused-ring (bicyclic) bond motifs is 1. The van der Waals surface area contributed by atoms with E-state index in [4.69, 9.17) is 4.74 Å². The van der Waals surface area contributed by atoms with Gasteiger partial charge in [-0.05, 0) is 62.7 Å². The SMILES string of the molecule is CCN(c1c(C)c(C#N)cc2cc(Br)cn12)C1CN(C(=O)OC(C)(C)C)C1. The first-order valence-corrected chi connectivity index (χ1v) is 9.89. The number of hydrogen-bond donors (Lipinski definition) is 0. The first-order chi connectivity index (χ1) is 12.6. The lowest BCUT2D eigenvalue weighted by molar-refractivity contribution is 0.00811. The maximum absolute atomic E-state index is 12.2. The van der Waals surface area contributed by atoms with Crippen molar-refractivity contribution in [3.8, 4) is 6.07 Å². The fourth-order valence-electron chi connectivity index (χ4n) is 3.48. The Bertz CT molecular complexity index is 917. The van der Waals surface area contributed by atoms with Gasteiger partial charge in [-0.2, -0.15) is 5.26 Å². The van der Waals surface area contributed by atoms with Crippen LogP contribution in [0.15, 0.2) is 22.8 Å². The molecule has 0 N–H and O–H groups in total. The number of nitrogens with zero attached hydrogens (tertiary/aromatic N) is 4. The number of ether oxygens (including phenoxy) is 1. The van der Waals surface area contributed by atoms with Crippen LogP contribution in [0.25, 0.3) is 5.52 Å². The van der Waals surface area contributed by atoms with Crippen LogP contribution in [0.4, 0.5) is 10.6 Å². The average Bonchev–Trinajstić information content (AvgIpc) is 2.88. The maximum atomic E-state index is 12.2. The molecule has 2 aromatic rings. The summed E-state index contributed by atoms with van der Waals surface area (Å²) in [6.07, 6.45) is 1.75. The molecule has 144 valence electrons. The highest BCUT2D eigenvalue weighted by molar-refractivity contribution is 9.10. The highest BCUT2D eigenvalue weighted by atomic mass is 79.9. The van der Waals surface area contributed by atoms with Crippen molar-refractivity contribution in [3.63, 3.8) is 0 Å². The molecule has 2 aromatic heterocycles. The number of carbonyl (C=O) groups excluding carboxylic acids is 1. The van der Waals surface area contributed by atoms with Crippen molar-refractivity contribution in [3.05, 3.63) is 33.9 Å². The Morgan fingerprint density at radius 2 is 2.07 bits per heavy atom. The topological polar surface area (TPSA) is 61.0 Å². The second-order valence-corrected chi connectivity index (χ2v) is 8.81. The fraction of sp³-hybridized carbons (Fsp3) is 0.500. The van der Waals surface area contributed by atoms with E-state index in [-0.39, 0.29) is 12.1 Å². The van der Waals surface area contributed by atoms with Gasteiger partial charge < -0.3 is 18.9 Å². The van der Waals surface area contributed by atoms with Crippen LogP contribution < -0.4 is 4.90 Å². The zero-order valence-electron chi connectivity index (χ0n) is 16.4. The van der Waals surface area contributed by atoms with Crippen LogP contribution in [0.1, 0.15) is 38.8 Å². The van der Waals surface area contributed by atoms with Gasteiger partial charge in [0, 0.05) is 41.4 Å². The van der Waals surface area contributed by atoms with Crippen molar-refractivity contribution in [1.82, 2.24) is 9.30 Å². The molecule has 0 bridgehead atoms. The first kappa shape index (κ1) is 19.6. The number of nitriles is 1. The van der Waals surface area contributed by atoms with E-state index in [0.29, 0.717) is 18.7 Å². The zero-order valence-corrected chi connectivity index (χ0v) is 18.0. The van der Waals surface area contributed by atoms with Gasteiger partial charge in [0.05, 0.1) is 17.7 Å². The van der Waals surface area contributed by atoms with Crippen molar-refractivity contribution >= 4 is 33.4 Å². The van der Waals surface area contributed by atoms with E-state index in [1.165, 1.54) is 0 Å². The van der Waals surface area contributed by atoms with E-state index in [2.05, 4.69) is 38.2 Å². The summed E-state index contributed by atoms with van der Waals surface area (Å²) < 4.78 is 8.54. The summed E-state index contributed by atoms with van der Waals surface area (Å²) in [4.78, 5) is 16.2. The van der Waals surface area contributed by atoms with Crippen molar-refractivity contribution in [2.75, 3.05) is 24.5 Å². The molecule has 3 heterocycles. The van der Waals surface area contributed by atoms with Crippen molar-refractivity contribution in [2.45, 2.75) is 46.3 Å². The summed E-state index contributed by atoms with van der Waals surface area (Å²) in [6.45, 7) is 11.7. The van der Waals surface area contributed by atoms with Gasteiger partial charge in [0.2, 0.25) is 0 Å². The predicted molar refractivity (Wildman–Crippen MR) is 109 cm³/mol. The van der Waals surface area contributed by atoms with Crippen LogP contribution in [0.5, 0.6) is 0 Å². The van der Waals surface area contributed by atoms with Crippen LogP contribution in [0, 0.1) is 18.3 Å². The lowest BCUT2D eigenvalue weighted by Gasteiger charge is -2.46. The van der Waals surface area contributed by atoms with E-state index in [9.17, 15) is 10.1 Å². The predicted octanol–water partition coefficient (Wildman–Crippen LogP) is 4.33. The normalized spacial score (nSPS) is 14.8. The van der Waals surface area contributed by atoms with Crippen LogP contribution in [0.2, 0.25) is 0 Å². The van der Waals surface area contributed by atoms with Crippen LogP contribution in [0.3, 0.4) is 0 Å². The third kappa shape index (κ3) is 3.77. The lowest BCUT2D eigenvalue weighted by atomic mass is 10.0. The number of halogens is 1. The fourth-order valence-corrected chi connectivity index (χ4v) is 3.92. The molecule has 1 saturated heterocycles. The van der Waals surface area contributed by atoms with Gasteiger partial charge in [-0.3, -0.25) is 0 Å². The number of carbonyl (C=O) groups is 1. The summed E-state index contributed by atoms with van der Waals surface area (Å²) in [7, 11) is 0. The third-order valence-corrected chi connectivity index (χ3v) is 5.20. The largest absolute Gasteiger partial charge is 0.444 e. The summed E-state index contributed by atoms with van der Waals surface area (Å²) in [6, 6.07) is 6.41. The Labute approximate surface area is 168 Å². The molecule has 0 radical (unpaired) electrons. The Morgan fingerprint density at radius 1 is 1.41 bits per heavy atom. The maximum Gasteiger partial charge on any atom is 0.410 e. The molecule has 0 saturated carbocycles. The number of aromatic nitrogens is 1. The van der Waals surface area contributed by atoms with E-state index in [1.54, 1.807) is 4.90 Å². The molecule has 1 aliphatic heterocycles. The Kier molecular flexibility index (Phi) is 5.13. The van der Waals surface area contributed by atoms with E-state index in [0.717, 1.165) is 27.9 Å². The third-order valence-electron chi connectivity index (χ3n) is 4.76. The molecule has 1 aliphatic rings. The van der Waals surface area contributed by atoms with Crippen LogP contribution >= 0.6 is 15.9 Å². The Morgan fingerprint density at radius 3 is 2.63 bits per heavy atom. The molecular weight excluding hydrogens is 408 g/mol. The summed E-state index contributed by atoms with van der Waals surface area (Å²) >= 11 is 3.53. The van der Waals surface area contributed by atoms with Crippen molar-refractivity contribution < 1.29 is 9.53 Å². The molecule has 0 spiro atoms. The number of pyridine rings is 1. The lowest BCUT2D eigenvalue weighted by Crippen LogP contribution is -2.62. The molecule has 3 rings (SSSR count). The van der Waals surface area contributed by atoms with E-state index in [1.807, 2.05) is 46.0 Å². The van der Waals surface area contributed by atoms with Gasteiger partial charge >= 0.3 is 6.09 Å². The number of likely N-dealkylation sites (tertiary alicyclic amines) is 1. The first-order valence-electron chi connectivity index (χ1n) is 9.10. The average molecular weight is 433 g/mol. The van der Waals surface area contributed by atoms with Gasteiger partial charge in [0.1, 0.15) is 11.4 Å². The minimum Gasteiger partial charge on any atom is -0.444 e. The second-order valence-electron chi connectivity index (χ2n) is 7.90. The number of hydrogen-bond acceptors (Lipinski definition) is 4. The van der Waals surface area contributed by atoms with Crippen molar-refractivity contribution in [1.29, 1.82) is 5.26 Å². The minimum atomic E-state index is -0.492.